The lowest BCUT2D eigenvalue weighted by Gasteiger charge is -2.17. The van der Waals surface area contributed by atoms with Crippen molar-refractivity contribution < 1.29 is 10.2 Å². The van der Waals surface area contributed by atoms with Crippen LogP contribution in [0.2, 0.25) is 0 Å². The van der Waals surface area contributed by atoms with Crippen molar-refractivity contribution in [3.63, 3.8) is 0 Å². The SMILES string of the molecule is C=C1C=CC(C(O)(O)Cl)=CC1. The molecule has 2 nitrogen and oxygen atoms in total. The summed E-state index contributed by atoms with van der Waals surface area (Å²) >= 11 is 5.22. The number of halogens is 1. The molecule has 0 radical (unpaired) electrons. The molecule has 0 bridgehead atoms. The minimum Gasteiger partial charge on any atom is -0.350 e. The van der Waals surface area contributed by atoms with Gasteiger partial charge in [0, 0.05) is 5.57 Å². The molecule has 0 aromatic heterocycles. The van der Waals surface area contributed by atoms with Crippen molar-refractivity contribution in [2.45, 2.75) is 11.7 Å². The summed E-state index contributed by atoms with van der Waals surface area (Å²) in [4.78, 5) is 0. The van der Waals surface area contributed by atoms with Crippen molar-refractivity contribution in [3.8, 4) is 0 Å². The van der Waals surface area contributed by atoms with Crippen LogP contribution in [-0.4, -0.2) is 15.5 Å². The summed E-state index contributed by atoms with van der Waals surface area (Å²) in [6.45, 7) is 3.69. The van der Waals surface area contributed by atoms with Crippen molar-refractivity contribution in [2.24, 2.45) is 0 Å². The van der Waals surface area contributed by atoms with Crippen LogP contribution >= 0.6 is 11.6 Å². The van der Waals surface area contributed by atoms with Crippen molar-refractivity contribution in [1.82, 2.24) is 0 Å². The van der Waals surface area contributed by atoms with Gasteiger partial charge >= 0.3 is 0 Å². The zero-order valence-electron chi connectivity index (χ0n) is 5.92. The Morgan fingerprint density at radius 1 is 1.45 bits per heavy atom. The van der Waals surface area contributed by atoms with Crippen LogP contribution in [0.4, 0.5) is 0 Å². The summed E-state index contributed by atoms with van der Waals surface area (Å²) in [5, 5.41) is 15.6. The smallest absolute Gasteiger partial charge is 0.271 e. The molecule has 1 aliphatic rings. The lowest BCUT2D eigenvalue weighted by atomic mass is 10.0. The first-order valence-electron chi connectivity index (χ1n) is 3.20. The van der Waals surface area contributed by atoms with E-state index in [0.29, 0.717) is 12.0 Å². The number of hydrogen-bond donors (Lipinski definition) is 2. The molecular formula is C8H9ClO2. The number of hydrogen-bond acceptors (Lipinski definition) is 2. The molecule has 0 amide bonds. The Morgan fingerprint density at radius 2 is 2.09 bits per heavy atom. The quantitative estimate of drug-likeness (QED) is 0.463. The molecule has 11 heavy (non-hydrogen) atoms. The van der Waals surface area contributed by atoms with E-state index in [0.717, 1.165) is 5.57 Å². The minimum absolute atomic E-state index is 0.298. The second kappa shape index (κ2) is 2.81. The number of aliphatic hydroxyl groups is 2. The molecule has 0 aliphatic heterocycles. The van der Waals surface area contributed by atoms with Crippen molar-refractivity contribution in [3.05, 3.63) is 36.0 Å². The molecule has 0 unspecified atom stereocenters. The molecule has 0 aromatic rings. The van der Waals surface area contributed by atoms with Gasteiger partial charge in [0.25, 0.3) is 5.25 Å². The van der Waals surface area contributed by atoms with Crippen molar-refractivity contribution >= 4 is 11.6 Å². The third-order valence-corrected chi connectivity index (χ3v) is 1.67. The van der Waals surface area contributed by atoms with Gasteiger partial charge in [-0.1, -0.05) is 42.0 Å². The first-order valence-corrected chi connectivity index (χ1v) is 3.58. The topological polar surface area (TPSA) is 40.5 Å². The van der Waals surface area contributed by atoms with E-state index in [9.17, 15) is 0 Å². The second-order valence-corrected chi connectivity index (χ2v) is 2.97. The Kier molecular flexibility index (Phi) is 2.18. The molecule has 0 spiro atoms. The lowest BCUT2D eigenvalue weighted by molar-refractivity contribution is -0.0486. The summed E-state index contributed by atoms with van der Waals surface area (Å²) in [7, 11) is 0. The fraction of sp³-hybridized carbons (Fsp3) is 0.250. The Morgan fingerprint density at radius 3 is 2.45 bits per heavy atom. The average Bonchev–Trinajstić information content (AvgIpc) is 1.86. The summed E-state index contributed by atoms with van der Waals surface area (Å²) in [5.74, 6) is 0. The summed E-state index contributed by atoms with van der Waals surface area (Å²) in [6, 6.07) is 0. The summed E-state index contributed by atoms with van der Waals surface area (Å²) < 4.78 is 0. The minimum atomic E-state index is -2.24. The van der Waals surface area contributed by atoms with E-state index >= 15 is 0 Å². The predicted octanol–water partition coefficient (Wildman–Crippen LogP) is 1.31. The maximum absolute atomic E-state index is 8.90. The molecule has 60 valence electrons. The van der Waals surface area contributed by atoms with Crippen LogP contribution < -0.4 is 0 Å². The van der Waals surface area contributed by atoms with Gasteiger partial charge in [-0.05, 0) is 6.42 Å². The van der Waals surface area contributed by atoms with Gasteiger partial charge in [-0.2, -0.15) is 0 Å². The largest absolute Gasteiger partial charge is 0.350 e. The van der Waals surface area contributed by atoms with Gasteiger partial charge in [0.1, 0.15) is 0 Å². The van der Waals surface area contributed by atoms with E-state index in [2.05, 4.69) is 6.58 Å². The fourth-order valence-electron chi connectivity index (χ4n) is 0.821. The Hall–Kier alpha value is -0.570. The number of alkyl halides is 1. The summed E-state index contributed by atoms with van der Waals surface area (Å²) in [6.07, 6.45) is 5.49. The van der Waals surface area contributed by atoms with E-state index in [1.807, 2.05) is 0 Å². The van der Waals surface area contributed by atoms with Gasteiger partial charge in [0.2, 0.25) is 0 Å². The monoisotopic (exact) mass is 172 g/mol. The molecule has 0 saturated heterocycles. The van der Waals surface area contributed by atoms with Crippen LogP contribution in [0.3, 0.4) is 0 Å². The van der Waals surface area contributed by atoms with Crippen molar-refractivity contribution in [1.29, 1.82) is 0 Å². The van der Waals surface area contributed by atoms with E-state index in [-0.39, 0.29) is 0 Å². The highest BCUT2D eigenvalue weighted by molar-refractivity contribution is 6.23. The van der Waals surface area contributed by atoms with Crippen LogP contribution in [0.5, 0.6) is 0 Å². The van der Waals surface area contributed by atoms with Gasteiger partial charge in [-0.15, -0.1) is 0 Å². The Labute approximate surface area is 70.1 Å². The van der Waals surface area contributed by atoms with Gasteiger partial charge in [-0.3, -0.25) is 0 Å². The normalized spacial score (nSPS) is 18.5. The molecule has 0 heterocycles. The third-order valence-electron chi connectivity index (χ3n) is 1.45. The number of allylic oxidation sites excluding steroid dienone is 3. The fourth-order valence-corrected chi connectivity index (χ4v) is 0.961. The summed E-state index contributed by atoms with van der Waals surface area (Å²) in [5.41, 5.74) is 1.22. The van der Waals surface area contributed by atoms with E-state index in [1.54, 1.807) is 18.2 Å². The van der Waals surface area contributed by atoms with Crippen LogP contribution in [0.1, 0.15) is 6.42 Å². The molecule has 2 N–H and O–H groups in total. The average molecular weight is 173 g/mol. The predicted molar refractivity (Wildman–Crippen MR) is 44.0 cm³/mol. The highest BCUT2D eigenvalue weighted by Gasteiger charge is 2.23. The van der Waals surface area contributed by atoms with E-state index in [4.69, 9.17) is 21.8 Å². The number of rotatable bonds is 1. The second-order valence-electron chi connectivity index (χ2n) is 2.44. The molecule has 0 saturated carbocycles. The first-order chi connectivity index (χ1) is 5.00. The van der Waals surface area contributed by atoms with Crippen LogP contribution in [0.25, 0.3) is 0 Å². The van der Waals surface area contributed by atoms with E-state index < -0.39 is 5.25 Å². The van der Waals surface area contributed by atoms with Crippen LogP contribution in [0.15, 0.2) is 36.0 Å². The molecule has 1 aliphatic carbocycles. The highest BCUT2D eigenvalue weighted by Crippen LogP contribution is 2.24. The zero-order chi connectivity index (χ0) is 8.48. The first kappa shape index (κ1) is 8.53. The van der Waals surface area contributed by atoms with Crippen LogP contribution in [-0.2, 0) is 0 Å². The standard InChI is InChI=1S/C8H9ClO2/c1-6-2-4-7(5-3-6)8(9,10)11/h2,4-5,10-11H,1,3H2. The van der Waals surface area contributed by atoms with E-state index in [1.165, 1.54) is 0 Å². The molecule has 0 aromatic carbocycles. The van der Waals surface area contributed by atoms with Gasteiger partial charge < -0.3 is 10.2 Å². The zero-order valence-corrected chi connectivity index (χ0v) is 6.67. The van der Waals surface area contributed by atoms with Crippen LogP contribution in [0, 0.1) is 0 Å². The highest BCUT2D eigenvalue weighted by atomic mass is 35.5. The Balaban J connectivity index is 2.79. The lowest BCUT2D eigenvalue weighted by Crippen LogP contribution is -2.22. The third kappa shape index (κ3) is 2.19. The molecule has 1 rings (SSSR count). The maximum Gasteiger partial charge on any atom is 0.271 e. The molecular weight excluding hydrogens is 164 g/mol. The molecule has 0 fully saturated rings. The van der Waals surface area contributed by atoms with Gasteiger partial charge in [0.15, 0.2) is 0 Å². The van der Waals surface area contributed by atoms with Crippen molar-refractivity contribution in [2.75, 3.05) is 0 Å². The molecule has 3 heteroatoms. The molecule has 0 atom stereocenters. The van der Waals surface area contributed by atoms with Gasteiger partial charge in [-0.25, -0.2) is 0 Å². The Bertz CT molecular complexity index is 233. The van der Waals surface area contributed by atoms with Gasteiger partial charge in [0.05, 0.1) is 0 Å². The maximum atomic E-state index is 8.90.